The van der Waals surface area contributed by atoms with Gasteiger partial charge in [0.15, 0.2) is 0 Å². The van der Waals surface area contributed by atoms with Crippen LogP contribution in [-0.4, -0.2) is 16.1 Å². The van der Waals surface area contributed by atoms with E-state index in [4.69, 9.17) is 21.4 Å². The van der Waals surface area contributed by atoms with Gasteiger partial charge in [0.25, 0.3) is 0 Å². The molecule has 0 saturated heterocycles. The van der Waals surface area contributed by atoms with Gasteiger partial charge in [-0.1, -0.05) is 11.6 Å². The molecule has 92 valence electrons. The van der Waals surface area contributed by atoms with Crippen LogP contribution in [0.15, 0.2) is 42.6 Å². The first-order valence-electron chi connectivity index (χ1n) is 5.24. The maximum Gasteiger partial charge on any atom is 0.309 e. The lowest BCUT2D eigenvalue weighted by atomic mass is 10.2. The van der Waals surface area contributed by atoms with Crippen LogP contribution >= 0.6 is 11.6 Å². The lowest BCUT2D eigenvalue weighted by Gasteiger charge is -2.08. The molecule has 0 aliphatic heterocycles. The SMILES string of the molecule is O=C(O)Cc1ncccc1Oc1ccc(Cl)cc1. The van der Waals surface area contributed by atoms with Crippen molar-refractivity contribution in [1.82, 2.24) is 4.98 Å². The lowest BCUT2D eigenvalue weighted by molar-refractivity contribution is -0.136. The Kier molecular flexibility index (Phi) is 3.79. The Morgan fingerprint density at radius 3 is 2.67 bits per heavy atom. The summed E-state index contributed by atoms with van der Waals surface area (Å²) in [6, 6.07) is 10.2. The summed E-state index contributed by atoms with van der Waals surface area (Å²) in [4.78, 5) is 14.7. The van der Waals surface area contributed by atoms with Gasteiger partial charge in [0.05, 0.1) is 12.1 Å². The third kappa shape index (κ3) is 3.21. The van der Waals surface area contributed by atoms with Crippen molar-refractivity contribution in [3.8, 4) is 11.5 Å². The number of halogens is 1. The molecule has 0 aliphatic carbocycles. The molecular formula is C13H10ClNO3. The van der Waals surface area contributed by atoms with Gasteiger partial charge in [0.1, 0.15) is 11.5 Å². The third-order valence-corrected chi connectivity index (χ3v) is 2.46. The van der Waals surface area contributed by atoms with Crippen molar-refractivity contribution in [2.75, 3.05) is 0 Å². The van der Waals surface area contributed by atoms with Gasteiger partial charge < -0.3 is 9.84 Å². The largest absolute Gasteiger partial charge is 0.481 e. The van der Waals surface area contributed by atoms with Gasteiger partial charge in [-0.3, -0.25) is 9.78 Å². The molecule has 1 heterocycles. The van der Waals surface area contributed by atoms with Gasteiger partial charge in [-0.15, -0.1) is 0 Å². The molecule has 0 fully saturated rings. The molecule has 2 aromatic rings. The van der Waals surface area contributed by atoms with E-state index < -0.39 is 5.97 Å². The number of carboxylic acids is 1. The molecular weight excluding hydrogens is 254 g/mol. The standard InChI is InChI=1S/C13H10ClNO3/c14-9-3-5-10(6-4-9)18-12-2-1-7-15-11(12)8-13(16)17/h1-7H,8H2,(H,16,17). The fourth-order valence-corrected chi connectivity index (χ4v) is 1.55. The predicted octanol–water partition coefficient (Wildman–Crippen LogP) is 3.15. The molecule has 0 bridgehead atoms. The number of carbonyl (C=O) groups is 1. The topological polar surface area (TPSA) is 59.4 Å². The van der Waals surface area contributed by atoms with E-state index in [-0.39, 0.29) is 6.42 Å². The molecule has 1 aromatic heterocycles. The monoisotopic (exact) mass is 263 g/mol. The highest BCUT2D eigenvalue weighted by molar-refractivity contribution is 6.30. The number of ether oxygens (including phenoxy) is 1. The Bertz CT molecular complexity index is 554. The number of aliphatic carboxylic acids is 1. The van der Waals surface area contributed by atoms with Crippen LogP contribution in [0.2, 0.25) is 5.02 Å². The average molecular weight is 264 g/mol. The first-order valence-corrected chi connectivity index (χ1v) is 5.62. The van der Waals surface area contributed by atoms with Crippen LogP contribution in [0.25, 0.3) is 0 Å². The van der Waals surface area contributed by atoms with E-state index in [1.165, 1.54) is 6.20 Å². The average Bonchev–Trinajstić information content (AvgIpc) is 2.34. The van der Waals surface area contributed by atoms with Crippen molar-refractivity contribution in [2.45, 2.75) is 6.42 Å². The highest BCUT2D eigenvalue weighted by atomic mass is 35.5. The Hall–Kier alpha value is -2.07. The van der Waals surface area contributed by atoms with E-state index in [1.54, 1.807) is 36.4 Å². The summed E-state index contributed by atoms with van der Waals surface area (Å²) in [6.07, 6.45) is 1.36. The van der Waals surface area contributed by atoms with Crippen molar-refractivity contribution in [2.24, 2.45) is 0 Å². The number of carboxylic acid groups (broad SMARTS) is 1. The molecule has 4 nitrogen and oxygen atoms in total. The fourth-order valence-electron chi connectivity index (χ4n) is 1.42. The second-order valence-electron chi connectivity index (χ2n) is 3.57. The van der Waals surface area contributed by atoms with Gasteiger partial charge in [0, 0.05) is 11.2 Å². The summed E-state index contributed by atoms with van der Waals surface area (Å²) in [6.45, 7) is 0. The zero-order valence-corrected chi connectivity index (χ0v) is 10.1. The zero-order valence-electron chi connectivity index (χ0n) is 9.34. The van der Waals surface area contributed by atoms with E-state index in [1.807, 2.05) is 0 Å². The van der Waals surface area contributed by atoms with Crippen LogP contribution in [0.4, 0.5) is 0 Å². The molecule has 18 heavy (non-hydrogen) atoms. The molecule has 0 atom stereocenters. The number of aromatic nitrogens is 1. The van der Waals surface area contributed by atoms with Crippen molar-refractivity contribution in [3.05, 3.63) is 53.3 Å². The van der Waals surface area contributed by atoms with Gasteiger partial charge in [-0.2, -0.15) is 0 Å². The number of rotatable bonds is 4. The minimum Gasteiger partial charge on any atom is -0.481 e. The molecule has 2 rings (SSSR count). The number of pyridine rings is 1. The summed E-state index contributed by atoms with van der Waals surface area (Å²) in [5, 5.41) is 9.39. The summed E-state index contributed by atoms with van der Waals surface area (Å²) < 4.78 is 5.58. The van der Waals surface area contributed by atoms with E-state index in [2.05, 4.69) is 4.98 Å². The van der Waals surface area contributed by atoms with Crippen molar-refractivity contribution in [1.29, 1.82) is 0 Å². The molecule has 0 spiro atoms. The third-order valence-electron chi connectivity index (χ3n) is 2.21. The van der Waals surface area contributed by atoms with Crippen molar-refractivity contribution in [3.63, 3.8) is 0 Å². The van der Waals surface area contributed by atoms with E-state index in [0.717, 1.165) is 0 Å². The Balaban J connectivity index is 2.23. The van der Waals surface area contributed by atoms with Crippen molar-refractivity contribution < 1.29 is 14.6 Å². The number of hydrogen-bond donors (Lipinski definition) is 1. The zero-order chi connectivity index (χ0) is 13.0. The summed E-state index contributed by atoms with van der Waals surface area (Å²) >= 11 is 5.77. The van der Waals surface area contributed by atoms with E-state index >= 15 is 0 Å². The second-order valence-corrected chi connectivity index (χ2v) is 4.01. The number of hydrogen-bond acceptors (Lipinski definition) is 3. The quantitative estimate of drug-likeness (QED) is 0.920. The van der Waals surface area contributed by atoms with Gasteiger partial charge in [0.2, 0.25) is 0 Å². The molecule has 0 unspecified atom stereocenters. The number of benzene rings is 1. The van der Waals surface area contributed by atoms with Gasteiger partial charge in [-0.25, -0.2) is 0 Å². The minimum atomic E-state index is -0.949. The molecule has 0 saturated carbocycles. The molecule has 1 N–H and O–H groups in total. The van der Waals surface area contributed by atoms with Crippen LogP contribution in [0, 0.1) is 0 Å². The van der Waals surface area contributed by atoms with E-state index in [0.29, 0.717) is 22.2 Å². The summed E-state index contributed by atoms with van der Waals surface area (Å²) in [5.74, 6) is 0.0657. The van der Waals surface area contributed by atoms with Crippen LogP contribution in [0.5, 0.6) is 11.5 Å². The molecule has 0 radical (unpaired) electrons. The van der Waals surface area contributed by atoms with Crippen LogP contribution in [-0.2, 0) is 11.2 Å². The smallest absolute Gasteiger partial charge is 0.309 e. The maximum absolute atomic E-state index is 10.7. The van der Waals surface area contributed by atoms with Crippen LogP contribution in [0.1, 0.15) is 5.69 Å². The predicted molar refractivity (Wildman–Crippen MR) is 67.1 cm³/mol. The second kappa shape index (κ2) is 5.51. The van der Waals surface area contributed by atoms with Crippen molar-refractivity contribution >= 4 is 17.6 Å². The molecule has 5 heteroatoms. The summed E-state index contributed by atoms with van der Waals surface area (Å²) in [5.41, 5.74) is 0.389. The highest BCUT2D eigenvalue weighted by Crippen LogP contribution is 2.25. The maximum atomic E-state index is 10.7. The van der Waals surface area contributed by atoms with E-state index in [9.17, 15) is 4.79 Å². The normalized spacial score (nSPS) is 10.1. The van der Waals surface area contributed by atoms with Crippen LogP contribution in [0.3, 0.4) is 0 Å². The van der Waals surface area contributed by atoms with Gasteiger partial charge >= 0.3 is 5.97 Å². The van der Waals surface area contributed by atoms with Gasteiger partial charge in [-0.05, 0) is 36.4 Å². The molecule has 1 aromatic carbocycles. The molecule has 0 amide bonds. The lowest BCUT2D eigenvalue weighted by Crippen LogP contribution is -2.04. The first kappa shape index (κ1) is 12.4. The Labute approximate surface area is 109 Å². The number of nitrogens with zero attached hydrogens (tertiary/aromatic N) is 1. The van der Waals surface area contributed by atoms with Crippen LogP contribution < -0.4 is 4.74 Å². The minimum absolute atomic E-state index is 0.177. The fraction of sp³-hybridized carbons (Fsp3) is 0.0769. The Morgan fingerprint density at radius 2 is 2.00 bits per heavy atom. The summed E-state index contributed by atoms with van der Waals surface area (Å²) in [7, 11) is 0. The molecule has 0 aliphatic rings. The first-order chi connectivity index (χ1) is 8.65. The Morgan fingerprint density at radius 1 is 1.28 bits per heavy atom. The highest BCUT2D eigenvalue weighted by Gasteiger charge is 2.09.